The molecule has 0 spiro atoms. The van der Waals surface area contributed by atoms with Crippen LogP contribution in [0, 0.1) is 0 Å². The van der Waals surface area contributed by atoms with Crippen LogP contribution in [0.2, 0.25) is 0 Å². The summed E-state index contributed by atoms with van der Waals surface area (Å²) in [6, 6.07) is -0.898. The first-order chi connectivity index (χ1) is 44.5. The highest BCUT2D eigenvalue weighted by Crippen LogP contribution is 2.38. The Morgan fingerprint density at radius 3 is 0.978 bits per heavy atom. The third kappa shape index (κ3) is 74.2. The number of quaternary nitrogens is 1. The van der Waals surface area contributed by atoms with Crippen LogP contribution in [-0.2, 0) is 18.4 Å². The van der Waals surface area contributed by atoms with Gasteiger partial charge in [0.25, 0.3) is 7.82 Å². The summed E-state index contributed by atoms with van der Waals surface area (Å²) in [7, 11) is 1.26. The monoisotopic (exact) mass is 1290 g/mol. The second-order valence-corrected chi connectivity index (χ2v) is 28.4. The van der Waals surface area contributed by atoms with Crippen molar-refractivity contribution in [1.29, 1.82) is 0 Å². The molecule has 0 aromatic heterocycles. The molecule has 91 heavy (non-hydrogen) atoms. The molecule has 3 unspecified atom stereocenters. The predicted octanol–water partition coefficient (Wildman–Crippen LogP) is 24.5. The number of hydrogen-bond acceptors (Lipinski definition) is 6. The molecule has 526 valence electrons. The topological polar surface area (TPSA) is 108 Å². The minimum Gasteiger partial charge on any atom is -0.756 e. The third-order valence-corrected chi connectivity index (χ3v) is 17.9. The molecule has 0 aliphatic rings. The smallest absolute Gasteiger partial charge is 0.268 e. The lowest BCUT2D eigenvalue weighted by Gasteiger charge is -2.29. The number of rotatable bonds is 70. The summed E-state index contributed by atoms with van der Waals surface area (Å²) < 4.78 is 23.5. The number of phosphoric acid groups is 1. The van der Waals surface area contributed by atoms with Gasteiger partial charge in [0.05, 0.1) is 39.9 Å². The van der Waals surface area contributed by atoms with Crippen molar-refractivity contribution in [3.05, 3.63) is 122 Å². The average molecular weight is 1290 g/mol. The Morgan fingerprint density at radius 1 is 0.396 bits per heavy atom. The quantitative estimate of drug-likeness (QED) is 0.0272. The number of allylic oxidation sites excluding steroid dienone is 19. The number of nitrogens with one attached hydrogen (secondary N) is 1. The minimum atomic E-state index is -4.61. The molecule has 9 heteroatoms. The molecular weight excluding hydrogens is 1140 g/mol. The molecule has 0 aliphatic heterocycles. The van der Waals surface area contributed by atoms with Crippen molar-refractivity contribution in [2.75, 3.05) is 40.9 Å². The highest BCUT2D eigenvalue weighted by atomic mass is 31.2. The Hall–Kier alpha value is -3.10. The molecule has 8 nitrogen and oxygen atoms in total. The van der Waals surface area contributed by atoms with Crippen LogP contribution in [0.1, 0.15) is 341 Å². The molecule has 3 atom stereocenters. The van der Waals surface area contributed by atoms with E-state index in [1.54, 1.807) is 6.08 Å². The van der Waals surface area contributed by atoms with Crippen LogP contribution >= 0.6 is 7.82 Å². The van der Waals surface area contributed by atoms with Crippen LogP contribution in [0.15, 0.2) is 122 Å². The van der Waals surface area contributed by atoms with E-state index in [0.717, 1.165) is 103 Å². The summed E-state index contributed by atoms with van der Waals surface area (Å²) in [5.74, 6) is -0.201. The van der Waals surface area contributed by atoms with Gasteiger partial charge in [0, 0.05) is 6.42 Å². The fourth-order valence-electron chi connectivity index (χ4n) is 11.0. The number of amides is 1. The van der Waals surface area contributed by atoms with E-state index < -0.39 is 20.0 Å². The molecule has 0 aliphatic carbocycles. The van der Waals surface area contributed by atoms with Gasteiger partial charge >= 0.3 is 0 Å². The number of carbonyl (C=O) groups excluding carboxylic acids is 1. The Kier molecular flexibility index (Phi) is 68.8. The Bertz CT molecular complexity index is 1900. The van der Waals surface area contributed by atoms with Gasteiger partial charge in [-0.15, -0.1) is 0 Å². The maximum atomic E-state index is 13.1. The van der Waals surface area contributed by atoms with Gasteiger partial charge in [-0.1, -0.05) is 367 Å². The number of hydrogen-bond donors (Lipinski definition) is 2. The first kappa shape index (κ1) is 87.9. The van der Waals surface area contributed by atoms with Gasteiger partial charge < -0.3 is 28.8 Å². The Labute approximate surface area is 564 Å². The summed E-state index contributed by atoms with van der Waals surface area (Å²) >= 11 is 0. The zero-order chi connectivity index (χ0) is 66.2. The van der Waals surface area contributed by atoms with Crippen LogP contribution in [-0.4, -0.2) is 68.5 Å². The van der Waals surface area contributed by atoms with E-state index >= 15 is 0 Å². The zero-order valence-electron chi connectivity index (χ0n) is 60.3. The maximum absolute atomic E-state index is 13.1. The van der Waals surface area contributed by atoms with E-state index in [9.17, 15) is 19.4 Å². The molecular formula is C82H147N2O6P. The van der Waals surface area contributed by atoms with Crippen molar-refractivity contribution in [2.45, 2.75) is 353 Å². The molecule has 0 bridgehead atoms. The van der Waals surface area contributed by atoms with Crippen molar-refractivity contribution in [2.24, 2.45) is 0 Å². The summed E-state index contributed by atoms with van der Waals surface area (Å²) in [5, 5.41) is 14.0. The number of aliphatic hydroxyl groups excluding tert-OH is 1. The SMILES string of the molecule is CC/C=C\C/C=C\C/C=C\C/C=C\C/C=C\C/C=C\C/C=C\C/C=C\C/C=C\CCCCCCCCCCCCCC(=O)NC(COP(=O)([O-])OCC[N+](C)(C)C)C(O)/C=C/CCCCCCCCCCCCCCCCCCCCCCCCCCCCCC. The largest absolute Gasteiger partial charge is 0.756 e. The number of carbonyl (C=O) groups is 1. The van der Waals surface area contributed by atoms with E-state index in [1.165, 1.54) is 218 Å². The van der Waals surface area contributed by atoms with E-state index in [0.29, 0.717) is 17.4 Å². The summed E-state index contributed by atoms with van der Waals surface area (Å²) in [4.78, 5) is 25.7. The highest BCUT2D eigenvalue weighted by Gasteiger charge is 2.23. The number of likely N-dealkylation sites (N-methyl/N-ethyl adjacent to an activating group) is 1. The van der Waals surface area contributed by atoms with Gasteiger partial charge in [-0.3, -0.25) is 9.36 Å². The number of phosphoric ester groups is 1. The van der Waals surface area contributed by atoms with Crippen LogP contribution in [0.25, 0.3) is 0 Å². The van der Waals surface area contributed by atoms with Gasteiger partial charge in [0.2, 0.25) is 5.91 Å². The molecule has 0 saturated heterocycles. The molecule has 0 fully saturated rings. The van der Waals surface area contributed by atoms with E-state index in [4.69, 9.17) is 9.05 Å². The average Bonchev–Trinajstić information content (AvgIpc) is 3.58. The molecule has 0 heterocycles. The molecule has 0 radical (unpaired) electrons. The summed E-state index contributed by atoms with van der Waals surface area (Å²) in [6.07, 6.45) is 106. The first-order valence-corrected chi connectivity index (χ1v) is 39.9. The standard InChI is InChI=1S/C82H147N2O6P/c1-6-8-10-12-14-16-18-20-22-24-26-28-30-32-34-36-38-39-40-41-42-43-44-45-46-48-50-52-54-56-58-60-62-64-66-68-70-72-74-76-82(86)83-80(79-90-91(87,88)89-78-77-84(3,4)5)81(85)75-73-71-69-67-65-63-61-59-57-55-53-51-49-47-37-35-33-31-29-27-25-23-21-19-17-15-13-11-9-7-2/h8,10,14,16,20,22,26,28,32,34,38-39,41-42,44-45,48,50,73,75,80-81,85H,6-7,9,11-13,15,17-19,21,23-25,27,29-31,33,35-37,40,43,46-47,49,51-72,74,76-79H2,1-5H3,(H-,83,86,87,88)/b10-8-,16-14-,22-20-,28-26-,34-32-,39-38-,42-41-,45-44-,50-48-,75-73+. The molecule has 2 N–H and O–H groups in total. The second kappa shape index (κ2) is 71.2. The predicted molar refractivity (Wildman–Crippen MR) is 399 cm³/mol. The summed E-state index contributed by atoms with van der Waals surface area (Å²) in [5.41, 5.74) is 0. The van der Waals surface area contributed by atoms with Gasteiger partial charge in [0.1, 0.15) is 13.2 Å². The normalized spacial score (nSPS) is 14.2. The van der Waals surface area contributed by atoms with Crippen LogP contribution in [0.3, 0.4) is 0 Å². The van der Waals surface area contributed by atoms with Crippen LogP contribution in [0.4, 0.5) is 0 Å². The lowest BCUT2D eigenvalue weighted by molar-refractivity contribution is -0.870. The highest BCUT2D eigenvalue weighted by molar-refractivity contribution is 7.45. The number of aliphatic hydroxyl groups is 1. The lowest BCUT2D eigenvalue weighted by atomic mass is 10.0. The molecule has 0 saturated carbocycles. The first-order valence-electron chi connectivity index (χ1n) is 38.4. The van der Waals surface area contributed by atoms with Crippen LogP contribution < -0.4 is 10.2 Å². The minimum absolute atomic E-state index is 0.00572. The molecule has 0 rings (SSSR count). The van der Waals surface area contributed by atoms with E-state index in [2.05, 4.69) is 129 Å². The van der Waals surface area contributed by atoms with Gasteiger partial charge in [-0.2, -0.15) is 0 Å². The van der Waals surface area contributed by atoms with Crippen molar-refractivity contribution >= 4 is 13.7 Å². The lowest BCUT2D eigenvalue weighted by Crippen LogP contribution is -2.45. The zero-order valence-corrected chi connectivity index (χ0v) is 61.2. The van der Waals surface area contributed by atoms with E-state index in [1.807, 2.05) is 27.2 Å². The van der Waals surface area contributed by atoms with Crippen molar-refractivity contribution < 1.29 is 32.9 Å². The van der Waals surface area contributed by atoms with Gasteiger partial charge in [-0.05, 0) is 89.9 Å². The fourth-order valence-corrected chi connectivity index (χ4v) is 11.8. The summed E-state index contributed by atoms with van der Waals surface area (Å²) in [6.45, 7) is 4.56. The van der Waals surface area contributed by atoms with Crippen molar-refractivity contribution in [3.63, 3.8) is 0 Å². The second-order valence-electron chi connectivity index (χ2n) is 27.0. The van der Waals surface area contributed by atoms with Crippen LogP contribution in [0.5, 0.6) is 0 Å². The fraction of sp³-hybridized carbons (Fsp3) is 0.744. The van der Waals surface area contributed by atoms with E-state index in [-0.39, 0.29) is 19.1 Å². The molecule has 1 amide bonds. The molecule has 0 aromatic carbocycles. The van der Waals surface area contributed by atoms with Gasteiger partial charge in [-0.25, -0.2) is 0 Å². The maximum Gasteiger partial charge on any atom is 0.268 e. The third-order valence-electron chi connectivity index (χ3n) is 16.9. The van der Waals surface area contributed by atoms with Gasteiger partial charge in [0.15, 0.2) is 0 Å². The van der Waals surface area contributed by atoms with Crippen molar-refractivity contribution in [1.82, 2.24) is 5.32 Å². The Balaban J connectivity index is 4.07. The number of unbranched alkanes of at least 4 members (excludes halogenated alkanes) is 39. The molecule has 0 aromatic rings. The Morgan fingerprint density at radius 2 is 0.670 bits per heavy atom. The number of nitrogens with zero attached hydrogens (tertiary/aromatic N) is 1. The van der Waals surface area contributed by atoms with Crippen molar-refractivity contribution in [3.8, 4) is 0 Å².